The number of hydrogen-bond donors (Lipinski definition) is 1. The predicted octanol–water partition coefficient (Wildman–Crippen LogP) is 1.83. The Hall–Kier alpha value is -2.60. The van der Waals surface area contributed by atoms with Gasteiger partial charge in [-0.2, -0.15) is 0 Å². The van der Waals surface area contributed by atoms with Crippen LogP contribution in [0.1, 0.15) is 24.3 Å². The van der Waals surface area contributed by atoms with E-state index in [2.05, 4.69) is 56.3 Å². The van der Waals surface area contributed by atoms with E-state index in [0.717, 1.165) is 44.8 Å². The minimum atomic E-state index is -0.206. The monoisotopic (exact) mass is 366 g/mol. The molecule has 0 bridgehead atoms. The topological polar surface area (TPSA) is 57.6 Å². The molecule has 6 nitrogen and oxygen atoms in total. The average Bonchev–Trinajstić information content (AvgIpc) is 3.21. The number of aromatic nitrogens is 1. The van der Waals surface area contributed by atoms with E-state index < -0.39 is 0 Å². The second-order valence-electron chi connectivity index (χ2n) is 7.34. The van der Waals surface area contributed by atoms with Crippen molar-refractivity contribution in [1.29, 1.82) is 0 Å². The molecule has 2 aromatic rings. The molecule has 0 spiro atoms. The Labute approximate surface area is 159 Å². The van der Waals surface area contributed by atoms with Gasteiger partial charge in [-0.3, -0.25) is 19.8 Å². The molecule has 2 amide bonds. The molecular formula is C21H26N4O2. The van der Waals surface area contributed by atoms with Gasteiger partial charge in [-0.1, -0.05) is 12.1 Å². The maximum absolute atomic E-state index is 12.0. The van der Waals surface area contributed by atoms with Crippen molar-refractivity contribution in [2.45, 2.75) is 25.3 Å². The van der Waals surface area contributed by atoms with Crippen LogP contribution in [0, 0.1) is 0 Å². The Morgan fingerprint density at radius 3 is 2.30 bits per heavy atom. The molecule has 2 saturated heterocycles. The van der Waals surface area contributed by atoms with Gasteiger partial charge in [0.05, 0.1) is 5.92 Å². The molecule has 2 aliphatic rings. The fourth-order valence-electron chi connectivity index (χ4n) is 3.93. The van der Waals surface area contributed by atoms with Crippen molar-refractivity contribution < 1.29 is 9.59 Å². The zero-order valence-electron chi connectivity index (χ0n) is 15.5. The van der Waals surface area contributed by atoms with Gasteiger partial charge in [0.25, 0.3) is 0 Å². The molecule has 2 fully saturated rings. The van der Waals surface area contributed by atoms with Crippen molar-refractivity contribution in [3.63, 3.8) is 0 Å². The molecule has 6 heteroatoms. The Balaban J connectivity index is 1.29. The largest absolute Gasteiger partial charge is 0.369 e. The van der Waals surface area contributed by atoms with Crippen LogP contribution in [0.5, 0.6) is 0 Å². The molecule has 1 N–H and O–H groups in total. The first kappa shape index (κ1) is 17.8. The molecule has 0 saturated carbocycles. The van der Waals surface area contributed by atoms with Crippen LogP contribution in [0.25, 0.3) is 0 Å². The first-order valence-corrected chi connectivity index (χ1v) is 9.71. The molecule has 27 heavy (non-hydrogen) atoms. The maximum Gasteiger partial charge on any atom is 0.234 e. The van der Waals surface area contributed by atoms with Crippen LogP contribution in [0.4, 0.5) is 5.69 Å². The summed E-state index contributed by atoms with van der Waals surface area (Å²) in [6, 6.07) is 12.4. The number of rotatable bonds is 5. The molecule has 3 heterocycles. The molecule has 4 rings (SSSR count). The highest BCUT2D eigenvalue weighted by molar-refractivity contribution is 6.00. The molecule has 0 unspecified atom stereocenters. The van der Waals surface area contributed by atoms with Gasteiger partial charge in [-0.25, -0.2) is 0 Å². The molecule has 0 aliphatic carbocycles. The number of piperazine rings is 1. The SMILES string of the molecule is O=C1CC[C@@H](c2ccc(N3CCN(CCn4cccc4)CC3)cc2)C(=O)N1. The average molecular weight is 366 g/mol. The summed E-state index contributed by atoms with van der Waals surface area (Å²) >= 11 is 0. The zero-order valence-corrected chi connectivity index (χ0v) is 15.5. The van der Waals surface area contributed by atoms with E-state index in [4.69, 9.17) is 0 Å². The van der Waals surface area contributed by atoms with Crippen molar-refractivity contribution >= 4 is 17.5 Å². The number of imide groups is 1. The molecule has 1 atom stereocenters. The van der Waals surface area contributed by atoms with Gasteiger partial charge >= 0.3 is 0 Å². The number of amides is 2. The van der Waals surface area contributed by atoms with Gasteiger partial charge in [0.15, 0.2) is 0 Å². The number of nitrogens with one attached hydrogen (secondary N) is 1. The van der Waals surface area contributed by atoms with E-state index in [9.17, 15) is 9.59 Å². The third-order valence-corrected chi connectivity index (χ3v) is 5.61. The van der Waals surface area contributed by atoms with E-state index in [-0.39, 0.29) is 17.7 Å². The highest BCUT2D eigenvalue weighted by atomic mass is 16.2. The van der Waals surface area contributed by atoms with Crippen LogP contribution in [0.15, 0.2) is 48.8 Å². The van der Waals surface area contributed by atoms with Crippen molar-refractivity contribution in [1.82, 2.24) is 14.8 Å². The van der Waals surface area contributed by atoms with Crippen LogP contribution in [0.3, 0.4) is 0 Å². The lowest BCUT2D eigenvalue weighted by atomic mass is 9.90. The lowest BCUT2D eigenvalue weighted by Crippen LogP contribution is -2.47. The van der Waals surface area contributed by atoms with E-state index in [1.165, 1.54) is 5.69 Å². The summed E-state index contributed by atoms with van der Waals surface area (Å²) in [7, 11) is 0. The number of hydrogen-bond acceptors (Lipinski definition) is 4. The maximum atomic E-state index is 12.0. The minimum absolute atomic E-state index is 0.164. The Bertz CT molecular complexity index is 777. The summed E-state index contributed by atoms with van der Waals surface area (Å²) in [5, 5.41) is 2.44. The highest BCUT2D eigenvalue weighted by Crippen LogP contribution is 2.27. The van der Waals surface area contributed by atoms with Crippen LogP contribution in [-0.2, 0) is 16.1 Å². The first-order valence-electron chi connectivity index (χ1n) is 9.71. The van der Waals surface area contributed by atoms with Crippen molar-refractivity contribution in [2.24, 2.45) is 0 Å². The van der Waals surface area contributed by atoms with Gasteiger partial charge < -0.3 is 9.47 Å². The second-order valence-corrected chi connectivity index (χ2v) is 7.34. The lowest BCUT2D eigenvalue weighted by Gasteiger charge is -2.36. The lowest BCUT2D eigenvalue weighted by molar-refractivity contribution is -0.134. The van der Waals surface area contributed by atoms with Gasteiger partial charge in [0.1, 0.15) is 0 Å². The number of carbonyl (C=O) groups excluding carboxylic acids is 2. The Morgan fingerprint density at radius 1 is 0.926 bits per heavy atom. The fraction of sp³-hybridized carbons (Fsp3) is 0.429. The molecule has 0 radical (unpaired) electrons. The Kier molecular flexibility index (Phi) is 5.25. The highest BCUT2D eigenvalue weighted by Gasteiger charge is 2.28. The van der Waals surface area contributed by atoms with Crippen LogP contribution in [0.2, 0.25) is 0 Å². The second kappa shape index (κ2) is 7.96. The van der Waals surface area contributed by atoms with Crippen molar-refractivity contribution in [3.8, 4) is 0 Å². The normalized spacial score (nSPS) is 21.3. The molecule has 1 aromatic carbocycles. The van der Waals surface area contributed by atoms with Crippen LogP contribution in [-0.4, -0.2) is 54.0 Å². The van der Waals surface area contributed by atoms with Crippen molar-refractivity contribution in [3.05, 3.63) is 54.4 Å². The Morgan fingerprint density at radius 2 is 1.63 bits per heavy atom. The summed E-state index contributed by atoms with van der Waals surface area (Å²) in [5.74, 6) is -0.542. The fourth-order valence-corrected chi connectivity index (χ4v) is 3.93. The summed E-state index contributed by atoms with van der Waals surface area (Å²) in [5.41, 5.74) is 2.20. The van der Waals surface area contributed by atoms with E-state index >= 15 is 0 Å². The summed E-state index contributed by atoms with van der Waals surface area (Å²) in [6.45, 7) is 6.28. The molecule has 2 aliphatic heterocycles. The minimum Gasteiger partial charge on any atom is -0.369 e. The third kappa shape index (κ3) is 4.22. The van der Waals surface area contributed by atoms with E-state index in [1.54, 1.807) is 0 Å². The van der Waals surface area contributed by atoms with Gasteiger partial charge in [0, 0.05) is 63.8 Å². The first-order chi connectivity index (χ1) is 13.2. The number of carbonyl (C=O) groups is 2. The summed E-state index contributed by atoms with van der Waals surface area (Å²) < 4.78 is 2.22. The smallest absolute Gasteiger partial charge is 0.234 e. The predicted molar refractivity (Wildman–Crippen MR) is 105 cm³/mol. The number of benzene rings is 1. The van der Waals surface area contributed by atoms with Gasteiger partial charge in [0.2, 0.25) is 11.8 Å². The summed E-state index contributed by atoms with van der Waals surface area (Å²) in [6.07, 6.45) is 5.24. The number of nitrogens with zero attached hydrogens (tertiary/aromatic N) is 3. The summed E-state index contributed by atoms with van der Waals surface area (Å²) in [4.78, 5) is 28.2. The van der Waals surface area contributed by atoms with Crippen molar-refractivity contribution in [2.75, 3.05) is 37.6 Å². The van der Waals surface area contributed by atoms with E-state index in [0.29, 0.717) is 12.8 Å². The third-order valence-electron chi connectivity index (χ3n) is 5.61. The zero-order chi connectivity index (χ0) is 18.6. The van der Waals surface area contributed by atoms with Crippen LogP contribution >= 0.6 is 0 Å². The van der Waals surface area contributed by atoms with Gasteiger partial charge in [-0.05, 0) is 36.2 Å². The molecule has 1 aromatic heterocycles. The number of piperidine rings is 1. The van der Waals surface area contributed by atoms with Gasteiger partial charge in [-0.15, -0.1) is 0 Å². The van der Waals surface area contributed by atoms with Crippen LogP contribution < -0.4 is 10.2 Å². The quantitative estimate of drug-likeness (QED) is 0.821. The molecule has 142 valence electrons. The standard InChI is InChI=1S/C21H26N4O2/c26-20-8-7-19(21(27)22-20)17-3-5-18(6-4-17)25-15-13-24(14-16-25)12-11-23-9-1-2-10-23/h1-6,9-10,19H,7-8,11-16H2,(H,22,26,27)/t19-/m0/s1. The number of anilines is 1. The molecular weight excluding hydrogens is 340 g/mol. The van der Waals surface area contributed by atoms with E-state index in [1.807, 2.05) is 12.1 Å².